The van der Waals surface area contributed by atoms with Crippen LogP contribution in [-0.4, -0.2) is 7.11 Å². The first kappa shape index (κ1) is 12.9. The molecular weight excluding hydrogens is 297 g/mol. The first-order chi connectivity index (χ1) is 8.69. The summed E-state index contributed by atoms with van der Waals surface area (Å²) < 4.78 is 18.6. The van der Waals surface area contributed by atoms with Crippen LogP contribution in [0.1, 0.15) is 5.56 Å². The van der Waals surface area contributed by atoms with E-state index in [-0.39, 0.29) is 5.82 Å². The lowest BCUT2D eigenvalue weighted by atomic mass is 10.2. The van der Waals surface area contributed by atoms with Gasteiger partial charge in [-0.15, -0.1) is 0 Å². The molecule has 0 aliphatic carbocycles. The van der Waals surface area contributed by atoms with E-state index in [0.29, 0.717) is 11.0 Å². The van der Waals surface area contributed by atoms with E-state index < -0.39 is 0 Å². The molecule has 0 heterocycles. The Morgan fingerprint density at radius 2 is 1.89 bits per heavy atom. The van der Waals surface area contributed by atoms with Crippen molar-refractivity contribution < 1.29 is 9.13 Å². The Bertz CT molecular complexity index is 528. The van der Waals surface area contributed by atoms with Gasteiger partial charge >= 0.3 is 0 Å². The highest BCUT2D eigenvalue weighted by atomic mass is 79.9. The van der Waals surface area contributed by atoms with Gasteiger partial charge in [0.05, 0.1) is 11.6 Å². The number of methoxy groups -OCH3 is 1. The number of nitrogens with one attached hydrogen (secondary N) is 1. The average molecular weight is 310 g/mol. The van der Waals surface area contributed by atoms with Gasteiger partial charge in [0.25, 0.3) is 0 Å². The molecule has 2 nitrogen and oxygen atoms in total. The molecule has 0 amide bonds. The zero-order valence-electron chi connectivity index (χ0n) is 9.91. The lowest BCUT2D eigenvalue weighted by molar-refractivity contribution is 0.415. The normalized spacial score (nSPS) is 10.2. The molecule has 2 rings (SSSR count). The minimum atomic E-state index is -0.247. The largest absolute Gasteiger partial charge is 0.497 e. The van der Waals surface area contributed by atoms with Crippen molar-refractivity contribution in [3.05, 3.63) is 58.3 Å². The summed E-state index contributed by atoms with van der Waals surface area (Å²) in [6.07, 6.45) is 0. The Balaban J connectivity index is 1.99. The molecule has 0 aliphatic heterocycles. The summed E-state index contributed by atoms with van der Waals surface area (Å²) in [5.74, 6) is 0.577. The molecule has 94 valence electrons. The number of rotatable bonds is 4. The lowest BCUT2D eigenvalue weighted by Crippen LogP contribution is -1.99. The zero-order valence-corrected chi connectivity index (χ0v) is 11.5. The summed E-state index contributed by atoms with van der Waals surface area (Å²) in [5, 5.41) is 3.26. The van der Waals surface area contributed by atoms with E-state index in [1.807, 2.05) is 24.3 Å². The molecule has 0 saturated heterocycles. The SMILES string of the molecule is COc1ccc(NCc2ccc(F)c(Br)c2)cc1. The van der Waals surface area contributed by atoms with Crippen molar-refractivity contribution in [1.29, 1.82) is 0 Å². The van der Waals surface area contributed by atoms with Crippen molar-refractivity contribution in [2.24, 2.45) is 0 Å². The van der Waals surface area contributed by atoms with Crippen molar-refractivity contribution >= 4 is 21.6 Å². The summed E-state index contributed by atoms with van der Waals surface area (Å²) in [6.45, 7) is 0.644. The van der Waals surface area contributed by atoms with Gasteiger partial charge in [0, 0.05) is 12.2 Å². The number of benzene rings is 2. The summed E-state index contributed by atoms with van der Waals surface area (Å²) in [5.41, 5.74) is 2.01. The van der Waals surface area contributed by atoms with Gasteiger partial charge in [-0.2, -0.15) is 0 Å². The number of ether oxygens (including phenoxy) is 1. The summed E-state index contributed by atoms with van der Waals surface area (Å²) in [7, 11) is 1.64. The summed E-state index contributed by atoms with van der Waals surface area (Å²) in [6, 6.07) is 12.7. The number of anilines is 1. The molecule has 2 aromatic rings. The minimum absolute atomic E-state index is 0.247. The van der Waals surface area contributed by atoms with Gasteiger partial charge in [0.1, 0.15) is 11.6 Å². The second-order valence-corrected chi connectivity index (χ2v) is 4.68. The number of halogens is 2. The molecule has 18 heavy (non-hydrogen) atoms. The molecule has 0 saturated carbocycles. The van der Waals surface area contributed by atoms with E-state index in [9.17, 15) is 4.39 Å². The van der Waals surface area contributed by atoms with Gasteiger partial charge in [0.15, 0.2) is 0 Å². The second-order valence-electron chi connectivity index (χ2n) is 3.83. The fourth-order valence-electron chi connectivity index (χ4n) is 1.56. The van der Waals surface area contributed by atoms with Crippen LogP contribution in [0.4, 0.5) is 10.1 Å². The maximum Gasteiger partial charge on any atom is 0.137 e. The van der Waals surface area contributed by atoms with Crippen molar-refractivity contribution in [2.45, 2.75) is 6.54 Å². The third-order valence-electron chi connectivity index (χ3n) is 2.57. The van der Waals surface area contributed by atoms with E-state index >= 15 is 0 Å². The van der Waals surface area contributed by atoms with E-state index in [1.165, 1.54) is 6.07 Å². The van der Waals surface area contributed by atoms with Crippen LogP contribution in [0.3, 0.4) is 0 Å². The Morgan fingerprint density at radius 1 is 1.17 bits per heavy atom. The van der Waals surface area contributed by atoms with Gasteiger partial charge in [0.2, 0.25) is 0 Å². The summed E-state index contributed by atoms with van der Waals surface area (Å²) >= 11 is 3.17. The second kappa shape index (κ2) is 5.87. The van der Waals surface area contributed by atoms with Gasteiger partial charge in [-0.1, -0.05) is 6.07 Å². The minimum Gasteiger partial charge on any atom is -0.497 e. The van der Waals surface area contributed by atoms with Crippen LogP contribution < -0.4 is 10.1 Å². The van der Waals surface area contributed by atoms with Crippen LogP contribution >= 0.6 is 15.9 Å². The van der Waals surface area contributed by atoms with Crippen molar-refractivity contribution in [3.63, 3.8) is 0 Å². The molecule has 0 fully saturated rings. The van der Waals surface area contributed by atoms with Crippen LogP contribution in [0.15, 0.2) is 46.9 Å². The number of hydrogen-bond donors (Lipinski definition) is 1. The van der Waals surface area contributed by atoms with Gasteiger partial charge in [-0.05, 0) is 57.9 Å². The molecule has 0 unspecified atom stereocenters. The maximum atomic E-state index is 13.1. The van der Waals surface area contributed by atoms with Crippen LogP contribution in [0.2, 0.25) is 0 Å². The van der Waals surface area contributed by atoms with Crippen LogP contribution in [-0.2, 0) is 6.54 Å². The standard InChI is InChI=1S/C14H13BrFNO/c1-18-12-5-3-11(4-6-12)17-9-10-2-7-14(16)13(15)8-10/h2-8,17H,9H2,1H3. The predicted molar refractivity (Wildman–Crippen MR) is 74.4 cm³/mol. The van der Waals surface area contributed by atoms with Crippen LogP contribution in [0.5, 0.6) is 5.75 Å². The molecule has 0 atom stereocenters. The third-order valence-corrected chi connectivity index (χ3v) is 3.18. The Labute approximate surface area is 114 Å². The fourth-order valence-corrected chi connectivity index (χ4v) is 1.99. The Kier molecular flexibility index (Phi) is 4.20. The van der Waals surface area contributed by atoms with Crippen LogP contribution in [0, 0.1) is 5.82 Å². The monoisotopic (exact) mass is 309 g/mol. The highest BCUT2D eigenvalue weighted by molar-refractivity contribution is 9.10. The predicted octanol–water partition coefficient (Wildman–Crippen LogP) is 4.21. The topological polar surface area (TPSA) is 21.3 Å². The van der Waals surface area contributed by atoms with E-state index in [0.717, 1.165) is 17.0 Å². The third kappa shape index (κ3) is 3.23. The molecule has 0 spiro atoms. The molecule has 0 bridgehead atoms. The highest BCUT2D eigenvalue weighted by Crippen LogP contribution is 2.19. The molecular formula is C14H13BrFNO. The first-order valence-electron chi connectivity index (χ1n) is 5.51. The molecule has 0 aliphatic rings. The molecule has 0 radical (unpaired) electrons. The zero-order chi connectivity index (χ0) is 13.0. The highest BCUT2D eigenvalue weighted by Gasteiger charge is 2.00. The van der Waals surface area contributed by atoms with Gasteiger partial charge in [-0.3, -0.25) is 0 Å². The average Bonchev–Trinajstić information content (AvgIpc) is 2.41. The first-order valence-corrected chi connectivity index (χ1v) is 6.30. The summed E-state index contributed by atoms with van der Waals surface area (Å²) in [4.78, 5) is 0. The van der Waals surface area contributed by atoms with Crippen molar-refractivity contribution in [3.8, 4) is 5.75 Å². The van der Waals surface area contributed by atoms with Crippen molar-refractivity contribution in [1.82, 2.24) is 0 Å². The number of hydrogen-bond acceptors (Lipinski definition) is 2. The van der Waals surface area contributed by atoms with Gasteiger partial charge < -0.3 is 10.1 Å². The van der Waals surface area contributed by atoms with Crippen LogP contribution in [0.25, 0.3) is 0 Å². The molecule has 2 aromatic carbocycles. The Hall–Kier alpha value is -1.55. The van der Waals surface area contributed by atoms with Crippen molar-refractivity contribution in [2.75, 3.05) is 12.4 Å². The maximum absolute atomic E-state index is 13.1. The Morgan fingerprint density at radius 3 is 2.50 bits per heavy atom. The van der Waals surface area contributed by atoms with Gasteiger partial charge in [-0.25, -0.2) is 4.39 Å². The fraction of sp³-hybridized carbons (Fsp3) is 0.143. The molecule has 4 heteroatoms. The molecule has 0 aromatic heterocycles. The van der Waals surface area contributed by atoms with E-state index in [4.69, 9.17) is 4.74 Å². The molecule has 1 N–H and O–H groups in total. The van der Waals surface area contributed by atoms with E-state index in [2.05, 4.69) is 21.2 Å². The quantitative estimate of drug-likeness (QED) is 0.913. The van der Waals surface area contributed by atoms with E-state index in [1.54, 1.807) is 19.2 Å². The smallest absolute Gasteiger partial charge is 0.137 e. The lowest BCUT2D eigenvalue weighted by Gasteiger charge is -2.08.